The summed E-state index contributed by atoms with van der Waals surface area (Å²) >= 11 is 0. The van der Waals surface area contributed by atoms with Gasteiger partial charge in [-0.05, 0) is 37.1 Å². The standard InChI is InChI=1S/C13H19N5O2S/c14-7-1-2-12-3-5-13(6-4-12)21(19,20)16-9-11-18-10-8-15-17-18/h3-6,8,10,16H,1-2,7,9,11,14H2. The largest absolute Gasteiger partial charge is 0.330 e. The van der Waals surface area contributed by atoms with Crippen LogP contribution in [0.5, 0.6) is 0 Å². The molecule has 0 unspecified atom stereocenters. The Morgan fingerprint density at radius 2 is 2.00 bits per heavy atom. The minimum Gasteiger partial charge on any atom is -0.330 e. The van der Waals surface area contributed by atoms with E-state index in [1.54, 1.807) is 29.2 Å². The molecule has 8 heteroatoms. The zero-order chi connectivity index (χ0) is 15.1. The molecule has 7 nitrogen and oxygen atoms in total. The Bertz CT molecular complexity index is 638. The van der Waals surface area contributed by atoms with E-state index >= 15 is 0 Å². The first-order valence-corrected chi connectivity index (χ1v) is 8.23. The molecule has 0 aliphatic carbocycles. The third-order valence-corrected chi connectivity index (χ3v) is 4.49. The number of aryl methyl sites for hydroxylation is 1. The molecular formula is C13H19N5O2S. The van der Waals surface area contributed by atoms with E-state index in [9.17, 15) is 8.42 Å². The van der Waals surface area contributed by atoms with E-state index in [0.29, 0.717) is 13.1 Å². The highest BCUT2D eigenvalue weighted by Gasteiger charge is 2.13. The van der Waals surface area contributed by atoms with Crippen LogP contribution < -0.4 is 10.5 Å². The number of rotatable bonds is 8. The number of hydrogen-bond acceptors (Lipinski definition) is 5. The molecule has 0 radical (unpaired) electrons. The molecule has 0 fully saturated rings. The zero-order valence-corrected chi connectivity index (χ0v) is 12.5. The van der Waals surface area contributed by atoms with Gasteiger partial charge in [-0.3, -0.25) is 4.68 Å². The summed E-state index contributed by atoms with van der Waals surface area (Å²) < 4.78 is 28.3. The van der Waals surface area contributed by atoms with Crippen LogP contribution in [0.15, 0.2) is 41.6 Å². The molecule has 2 rings (SSSR count). The number of nitrogens with one attached hydrogen (secondary N) is 1. The van der Waals surface area contributed by atoms with Crippen molar-refractivity contribution in [3.05, 3.63) is 42.2 Å². The van der Waals surface area contributed by atoms with E-state index in [2.05, 4.69) is 15.0 Å². The lowest BCUT2D eigenvalue weighted by molar-refractivity contribution is 0.553. The fourth-order valence-corrected chi connectivity index (χ4v) is 2.89. The number of nitrogens with zero attached hydrogens (tertiary/aromatic N) is 3. The summed E-state index contributed by atoms with van der Waals surface area (Å²) in [6, 6.07) is 6.87. The topological polar surface area (TPSA) is 103 Å². The highest BCUT2D eigenvalue weighted by atomic mass is 32.2. The van der Waals surface area contributed by atoms with Crippen LogP contribution >= 0.6 is 0 Å². The SMILES string of the molecule is NCCCc1ccc(S(=O)(=O)NCCn2ccnn2)cc1. The molecule has 1 heterocycles. The highest BCUT2D eigenvalue weighted by Crippen LogP contribution is 2.11. The second kappa shape index (κ2) is 7.30. The molecule has 0 spiro atoms. The molecule has 0 aliphatic heterocycles. The van der Waals surface area contributed by atoms with Crippen LogP contribution in [-0.4, -0.2) is 36.5 Å². The van der Waals surface area contributed by atoms with E-state index in [-0.39, 0.29) is 11.4 Å². The van der Waals surface area contributed by atoms with Crippen LogP contribution in [0.1, 0.15) is 12.0 Å². The van der Waals surface area contributed by atoms with Gasteiger partial charge in [0.25, 0.3) is 0 Å². The summed E-state index contributed by atoms with van der Waals surface area (Å²) in [7, 11) is -3.49. The normalized spacial score (nSPS) is 11.7. The molecule has 0 saturated heterocycles. The molecule has 2 aromatic rings. The van der Waals surface area contributed by atoms with Crippen LogP contribution in [-0.2, 0) is 23.0 Å². The Kier molecular flexibility index (Phi) is 5.43. The Balaban J connectivity index is 1.92. The van der Waals surface area contributed by atoms with E-state index in [4.69, 9.17) is 5.73 Å². The van der Waals surface area contributed by atoms with Gasteiger partial charge < -0.3 is 5.73 Å². The average Bonchev–Trinajstić information content (AvgIpc) is 2.98. The van der Waals surface area contributed by atoms with Gasteiger partial charge in [0.05, 0.1) is 17.6 Å². The number of nitrogens with two attached hydrogens (primary N) is 1. The van der Waals surface area contributed by atoms with Gasteiger partial charge in [-0.15, -0.1) is 5.10 Å². The van der Waals surface area contributed by atoms with Crippen molar-refractivity contribution in [3.63, 3.8) is 0 Å². The number of aromatic nitrogens is 3. The maximum Gasteiger partial charge on any atom is 0.240 e. The average molecular weight is 309 g/mol. The molecule has 21 heavy (non-hydrogen) atoms. The molecule has 0 saturated carbocycles. The highest BCUT2D eigenvalue weighted by molar-refractivity contribution is 7.89. The van der Waals surface area contributed by atoms with Crippen molar-refractivity contribution in [2.45, 2.75) is 24.3 Å². The molecule has 0 aliphatic rings. The van der Waals surface area contributed by atoms with Gasteiger partial charge in [0.1, 0.15) is 0 Å². The van der Waals surface area contributed by atoms with Crippen molar-refractivity contribution in [2.24, 2.45) is 5.73 Å². The van der Waals surface area contributed by atoms with Gasteiger partial charge in [-0.25, -0.2) is 13.1 Å². The van der Waals surface area contributed by atoms with E-state index in [1.807, 2.05) is 12.1 Å². The number of hydrogen-bond donors (Lipinski definition) is 2. The van der Waals surface area contributed by atoms with Crippen molar-refractivity contribution < 1.29 is 8.42 Å². The van der Waals surface area contributed by atoms with E-state index in [1.165, 1.54) is 0 Å². The van der Waals surface area contributed by atoms with Crippen LogP contribution in [0, 0.1) is 0 Å². The summed E-state index contributed by atoms with van der Waals surface area (Å²) in [5.41, 5.74) is 6.54. The van der Waals surface area contributed by atoms with Crippen molar-refractivity contribution in [1.29, 1.82) is 0 Å². The second-order valence-corrected chi connectivity index (χ2v) is 6.37. The van der Waals surface area contributed by atoms with Gasteiger partial charge in [0, 0.05) is 12.7 Å². The quantitative estimate of drug-likeness (QED) is 0.722. The fourth-order valence-electron chi connectivity index (χ4n) is 1.87. The molecule has 1 aromatic carbocycles. The first-order valence-electron chi connectivity index (χ1n) is 6.74. The third-order valence-electron chi connectivity index (χ3n) is 3.01. The van der Waals surface area contributed by atoms with Gasteiger partial charge >= 0.3 is 0 Å². The first-order chi connectivity index (χ1) is 10.1. The maximum atomic E-state index is 12.1. The Morgan fingerprint density at radius 1 is 1.24 bits per heavy atom. The predicted octanol–water partition coefficient (Wildman–Crippen LogP) is 0.148. The molecule has 0 bridgehead atoms. The molecule has 1 aromatic heterocycles. The smallest absolute Gasteiger partial charge is 0.240 e. The number of sulfonamides is 1. The van der Waals surface area contributed by atoms with Crippen LogP contribution in [0.25, 0.3) is 0 Å². The number of benzene rings is 1. The zero-order valence-electron chi connectivity index (χ0n) is 11.6. The van der Waals surface area contributed by atoms with Gasteiger partial charge in [-0.1, -0.05) is 17.3 Å². The molecule has 0 atom stereocenters. The molecule has 0 amide bonds. The monoisotopic (exact) mass is 309 g/mol. The van der Waals surface area contributed by atoms with Gasteiger partial charge in [0.15, 0.2) is 0 Å². The lowest BCUT2D eigenvalue weighted by atomic mass is 10.1. The Hall–Kier alpha value is -1.77. The summed E-state index contributed by atoms with van der Waals surface area (Å²) in [5, 5.41) is 7.43. The lowest BCUT2D eigenvalue weighted by Gasteiger charge is -2.07. The van der Waals surface area contributed by atoms with Crippen molar-refractivity contribution in [3.8, 4) is 0 Å². The van der Waals surface area contributed by atoms with E-state index in [0.717, 1.165) is 18.4 Å². The van der Waals surface area contributed by atoms with Crippen LogP contribution in [0.4, 0.5) is 0 Å². The van der Waals surface area contributed by atoms with E-state index < -0.39 is 10.0 Å². The fraction of sp³-hybridized carbons (Fsp3) is 0.385. The summed E-state index contributed by atoms with van der Waals surface area (Å²) in [5.74, 6) is 0. The second-order valence-electron chi connectivity index (χ2n) is 4.60. The summed E-state index contributed by atoms with van der Waals surface area (Å²) in [6.07, 6.45) is 4.98. The van der Waals surface area contributed by atoms with Crippen LogP contribution in [0.2, 0.25) is 0 Å². The lowest BCUT2D eigenvalue weighted by Crippen LogP contribution is -2.27. The van der Waals surface area contributed by atoms with Gasteiger partial charge in [-0.2, -0.15) is 0 Å². The van der Waals surface area contributed by atoms with Crippen molar-refractivity contribution in [2.75, 3.05) is 13.1 Å². The van der Waals surface area contributed by atoms with Crippen LogP contribution in [0.3, 0.4) is 0 Å². The van der Waals surface area contributed by atoms with Gasteiger partial charge in [0.2, 0.25) is 10.0 Å². The summed E-state index contributed by atoms with van der Waals surface area (Å²) in [6.45, 7) is 1.33. The van der Waals surface area contributed by atoms with Crippen molar-refractivity contribution in [1.82, 2.24) is 19.7 Å². The Labute approximate surface area is 124 Å². The minimum absolute atomic E-state index is 0.262. The molecule has 3 N–H and O–H groups in total. The summed E-state index contributed by atoms with van der Waals surface area (Å²) in [4.78, 5) is 0.262. The third kappa shape index (κ3) is 4.62. The predicted molar refractivity (Wildman–Crippen MR) is 79.0 cm³/mol. The van der Waals surface area contributed by atoms with Crippen molar-refractivity contribution >= 4 is 10.0 Å². The first kappa shape index (κ1) is 15.6. The maximum absolute atomic E-state index is 12.1. The minimum atomic E-state index is -3.49. The molecular weight excluding hydrogens is 290 g/mol. The Morgan fingerprint density at radius 3 is 2.62 bits per heavy atom. The molecule has 114 valence electrons.